The minimum Gasteiger partial charge on any atom is -0.444 e. The molecule has 1 N–H and O–H groups in total. The standard InChI is InChI=1S/C16H22F3N3O5S.C15H23N3O3/c1-14(2,3)26-13(23)21-7-4-15(5-8-21)6-9-22-11(15)10-12(20-22)27-28(24,25)16(17,18)19;1-14(2,3)21-13(20)17-7-4-15(5-8-17)6-9-18-11(15)10-12(19)16-18/h10H,4-9H2,1-3H3;10H,4-9H2,1-3H3,(H,16,19). The summed E-state index contributed by atoms with van der Waals surface area (Å²) in [5.74, 6) is -0.596. The topological polar surface area (TPSA) is 158 Å². The second-order valence-electron chi connectivity index (χ2n) is 15.2. The van der Waals surface area contributed by atoms with E-state index >= 15 is 0 Å². The van der Waals surface area contributed by atoms with E-state index in [1.807, 2.05) is 25.5 Å². The Morgan fingerprint density at radius 2 is 1.20 bits per heavy atom. The number of likely N-dealkylation sites (tertiary alicyclic amines) is 2. The maximum atomic E-state index is 12.5. The van der Waals surface area contributed by atoms with Gasteiger partial charge < -0.3 is 23.5 Å². The largest absolute Gasteiger partial charge is 0.534 e. The number of nitrogens with one attached hydrogen (secondary N) is 1. The minimum absolute atomic E-state index is 0.0290. The first-order valence-electron chi connectivity index (χ1n) is 16.4. The average Bonchev–Trinajstić information content (AvgIpc) is 3.70. The fourth-order valence-corrected chi connectivity index (χ4v) is 7.44. The molecule has 4 aliphatic heterocycles. The first kappa shape index (κ1) is 36.6. The van der Waals surface area contributed by atoms with Crippen molar-refractivity contribution < 1.29 is 44.8 Å². The van der Waals surface area contributed by atoms with Gasteiger partial charge in [-0.2, -0.15) is 21.6 Å². The van der Waals surface area contributed by atoms with Crippen LogP contribution in [0.3, 0.4) is 0 Å². The van der Waals surface area contributed by atoms with Gasteiger partial charge in [0.2, 0.25) is 0 Å². The van der Waals surface area contributed by atoms with Crippen LogP contribution in [0.25, 0.3) is 0 Å². The predicted molar refractivity (Wildman–Crippen MR) is 170 cm³/mol. The number of alkyl halides is 3. The minimum atomic E-state index is -5.76. The van der Waals surface area contributed by atoms with Gasteiger partial charge in [-0.15, -0.1) is 5.10 Å². The normalized spacial score (nSPS) is 20.0. The van der Waals surface area contributed by atoms with E-state index in [0.717, 1.165) is 31.5 Å². The van der Waals surface area contributed by atoms with Gasteiger partial charge in [0.05, 0.1) is 0 Å². The van der Waals surface area contributed by atoms with Crippen molar-refractivity contribution >= 4 is 22.3 Å². The third kappa shape index (κ3) is 7.88. The van der Waals surface area contributed by atoms with E-state index < -0.39 is 38.8 Å². The third-order valence-electron chi connectivity index (χ3n) is 9.49. The number of carbonyl (C=O) groups excluding carboxylic acids is 2. The second-order valence-corrected chi connectivity index (χ2v) is 16.8. The number of rotatable bonds is 2. The number of H-pyrrole nitrogens is 1. The number of aromatic amines is 1. The highest BCUT2D eigenvalue weighted by atomic mass is 32.2. The van der Waals surface area contributed by atoms with Crippen LogP contribution < -0.4 is 9.74 Å². The van der Waals surface area contributed by atoms with Crippen molar-refractivity contribution in [3.63, 3.8) is 0 Å². The van der Waals surface area contributed by atoms with Crippen LogP contribution in [0, 0.1) is 0 Å². The highest BCUT2D eigenvalue weighted by Crippen LogP contribution is 2.45. The summed E-state index contributed by atoms with van der Waals surface area (Å²) in [5, 5.41) is 6.70. The van der Waals surface area contributed by atoms with Gasteiger partial charge >= 0.3 is 27.8 Å². The Morgan fingerprint density at radius 1 is 0.755 bits per heavy atom. The molecule has 49 heavy (non-hydrogen) atoms. The van der Waals surface area contributed by atoms with Crippen LogP contribution in [0.5, 0.6) is 5.88 Å². The molecule has 0 saturated carbocycles. The van der Waals surface area contributed by atoms with E-state index in [4.69, 9.17) is 9.47 Å². The lowest BCUT2D eigenvalue weighted by molar-refractivity contribution is -0.0501. The molecule has 2 spiro atoms. The number of amides is 2. The zero-order valence-electron chi connectivity index (χ0n) is 28.7. The van der Waals surface area contributed by atoms with Crippen molar-refractivity contribution in [2.75, 3.05) is 26.2 Å². The summed E-state index contributed by atoms with van der Waals surface area (Å²) in [6, 6.07) is 2.97. The molecule has 2 fully saturated rings. The summed E-state index contributed by atoms with van der Waals surface area (Å²) in [7, 11) is -5.76. The highest BCUT2D eigenvalue weighted by molar-refractivity contribution is 7.87. The molecule has 6 heterocycles. The molecule has 6 rings (SSSR count). The molecule has 0 radical (unpaired) electrons. The van der Waals surface area contributed by atoms with Crippen LogP contribution in [0.2, 0.25) is 0 Å². The van der Waals surface area contributed by atoms with E-state index in [-0.39, 0.29) is 22.5 Å². The number of aryl methyl sites for hydroxylation is 2. The predicted octanol–water partition coefficient (Wildman–Crippen LogP) is 4.63. The molecular weight excluding hydrogens is 673 g/mol. The van der Waals surface area contributed by atoms with Crippen molar-refractivity contribution in [2.45, 2.75) is 121 Å². The van der Waals surface area contributed by atoms with E-state index in [1.165, 1.54) is 10.7 Å². The third-order valence-corrected chi connectivity index (χ3v) is 10.4. The van der Waals surface area contributed by atoms with Crippen LogP contribution >= 0.6 is 0 Å². The van der Waals surface area contributed by atoms with Gasteiger partial charge in [0.1, 0.15) is 11.2 Å². The van der Waals surface area contributed by atoms with E-state index in [0.29, 0.717) is 57.7 Å². The van der Waals surface area contributed by atoms with Crippen molar-refractivity contribution in [1.82, 2.24) is 29.4 Å². The lowest BCUT2D eigenvalue weighted by atomic mass is 9.75. The second kappa shape index (κ2) is 12.6. The van der Waals surface area contributed by atoms with Crippen LogP contribution in [0.15, 0.2) is 16.9 Å². The summed E-state index contributed by atoms with van der Waals surface area (Å²) < 4.78 is 78.3. The zero-order valence-corrected chi connectivity index (χ0v) is 29.5. The van der Waals surface area contributed by atoms with Crippen LogP contribution in [-0.2, 0) is 43.5 Å². The van der Waals surface area contributed by atoms with Crippen molar-refractivity contribution in [3.8, 4) is 5.88 Å². The number of halogens is 3. The molecule has 0 aromatic carbocycles. The first-order valence-corrected chi connectivity index (χ1v) is 17.8. The van der Waals surface area contributed by atoms with Crippen molar-refractivity contribution in [3.05, 3.63) is 33.9 Å². The molecule has 4 aliphatic rings. The smallest absolute Gasteiger partial charge is 0.444 e. The highest BCUT2D eigenvalue weighted by Gasteiger charge is 2.50. The monoisotopic (exact) mass is 718 g/mol. The number of hydrogen-bond donors (Lipinski definition) is 1. The Bertz CT molecular complexity index is 1720. The van der Waals surface area contributed by atoms with Crippen molar-refractivity contribution in [1.29, 1.82) is 0 Å². The Hall–Kier alpha value is -3.70. The summed E-state index contributed by atoms with van der Waals surface area (Å²) in [6.45, 7) is 14.5. The molecule has 18 heteroatoms. The van der Waals surface area contributed by atoms with Gasteiger partial charge in [-0.25, -0.2) is 9.59 Å². The molecule has 0 aliphatic carbocycles. The molecule has 274 valence electrons. The zero-order chi connectivity index (χ0) is 36.2. The van der Waals surface area contributed by atoms with Gasteiger partial charge in [-0.05, 0) is 80.1 Å². The molecule has 2 aromatic heterocycles. The van der Waals surface area contributed by atoms with Gasteiger partial charge in [0.15, 0.2) is 0 Å². The number of nitrogens with zero attached hydrogens (tertiary/aromatic N) is 5. The maximum Gasteiger partial charge on any atom is 0.534 e. The fraction of sp³-hybridized carbons (Fsp3) is 0.742. The van der Waals surface area contributed by atoms with Gasteiger partial charge in [0, 0.05) is 73.6 Å². The van der Waals surface area contributed by atoms with Crippen molar-refractivity contribution in [2.24, 2.45) is 0 Å². The number of aromatic nitrogens is 4. The molecule has 14 nitrogen and oxygen atoms in total. The Kier molecular flexibility index (Phi) is 9.38. The number of ether oxygens (including phenoxy) is 2. The van der Waals surface area contributed by atoms with Crippen LogP contribution in [0.1, 0.15) is 91.5 Å². The Labute approximate surface area is 282 Å². The lowest BCUT2D eigenvalue weighted by Gasteiger charge is -2.39. The summed E-state index contributed by atoms with van der Waals surface area (Å²) >= 11 is 0. The Balaban J connectivity index is 0.000000199. The molecule has 2 saturated heterocycles. The van der Waals surface area contributed by atoms with Gasteiger partial charge in [-0.1, -0.05) is 0 Å². The van der Waals surface area contributed by atoms with Gasteiger partial charge in [-0.3, -0.25) is 19.3 Å². The SMILES string of the molecule is CC(C)(C)OC(=O)N1CCC2(CC1)CCn1[nH]c(=O)cc12.CC(C)(C)OC(=O)N1CCC2(CC1)CCn1nc(OS(=O)(=O)C(F)(F)F)cc12. The quantitative estimate of drug-likeness (QED) is 0.345. The summed E-state index contributed by atoms with van der Waals surface area (Å²) in [6.07, 6.45) is 4.04. The van der Waals surface area contributed by atoms with Gasteiger partial charge in [0.25, 0.3) is 11.4 Å². The van der Waals surface area contributed by atoms with E-state index in [1.54, 1.807) is 36.6 Å². The molecule has 2 amide bonds. The van der Waals surface area contributed by atoms with Crippen LogP contribution in [-0.4, -0.2) is 92.9 Å². The summed E-state index contributed by atoms with van der Waals surface area (Å²) in [5.41, 5.74) is -5.20. The fourth-order valence-electron chi connectivity index (χ4n) is 7.04. The average molecular weight is 719 g/mol. The molecule has 0 atom stereocenters. The first-order chi connectivity index (χ1) is 22.5. The molecular formula is C31H45F3N6O8S. The molecule has 2 aromatic rings. The van der Waals surface area contributed by atoms with E-state index in [2.05, 4.69) is 14.4 Å². The number of fused-ring (bicyclic) bond motifs is 4. The Morgan fingerprint density at radius 3 is 1.67 bits per heavy atom. The van der Waals surface area contributed by atoms with Crippen LogP contribution in [0.4, 0.5) is 22.8 Å². The molecule has 0 bridgehead atoms. The lowest BCUT2D eigenvalue weighted by Crippen LogP contribution is -2.46. The number of hydrogen-bond acceptors (Lipinski definition) is 9. The van der Waals surface area contributed by atoms with E-state index in [9.17, 15) is 36.0 Å². The number of piperidine rings is 2. The molecule has 0 unspecified atom stereocenters. The summed E-state index contributed by atoms with van der Waals surface area (Å²) in [4.78, 5) is 39.2. The maximum absolute atomic E-state index is 12.5. The number of carbonyl (C=O) groups is 2.